The highest BCUT2D eigenvalue weighted by molar-refractivity contribution is 6.37. The third-order valence-electron chi connectivity index (χ3n) is 3.61. The van der Waals surface area contributed by atoms with Crippen LogP contribution in [-0.2, 0) is 9.53 Å². The molecule has 1 atom stereocenters. The largest absolute Gasteiger partial charge is 0.464 e. The Morgan fingerprint density at radius 3 is 2.70 bits per heavy atom. The van der Waals surface area contributed by atoms with Crippen molar-refractivity contribution < 1.29 is 9.53 Å². The summed E-state index contributed by atoms with van der Waals surface area (Å²) in [4.78, 5) is 11.7. The molecule has 0 aliphatic carbocycles. The normalized spacial score (nSPS) is 18.1. The van der Waals surface area contributed by atoms with Crippen LogP contribution in [0.2, 0.25) is 0 Å². The molecular weight excluding hydrogens is 252 g/mol. The molecule has 108 valence electrons. The number of carbonyl (C=O) groups is 1. The van der Waals surface area contributed by atoms with Gasteiger partial charge in [-0.25, -0.2) is 4.79 Å². The lowest BCUT2D eigenvalue weighted by molar-refractivity contribution is -0.132. The van der Waals surface area contributed by atoms with E-state index in [0.29, 0.717) is 12.1 Å². The Hall–Kier alpha value is -1.84. The number of nitrogens with zero attached hydrogens (tertiary/aromatic N) is 2. The monoisotopic (exact) mass is 274 g/mol. The minimum Gasteiger partial charge on any atom is -0.464 e. The molecule has 0 saturated heterocycles. The van der Waals surface area contributed by atoms with E-state index in [0.717, 1.165) is 24.9 Å². The van der Waals surface area contributed by atoms with Gasteiger partial charge in [-0.05, 0) is 25.5 Å². The Morgan fingerprint density at radius 2 is 2.10 bits per heavy atom. The van der Waals surface area contributed by atoms with Gasteiger partial charge in [-0.15, -0.1) is 0 Å². The summed E-state index contributed by atoms with van der Waals surface area (Å²) >= 11 is 0. The number of rotatable bonds is 5. The van der Waals surface area contributed by atoms with Gasteiger partial charge in [0.25, 0.3) is 0 Å². The molecule has 1 aromatic rings. The van der Waals surface area contributed by atoms with Gasteiger partial charge in [-0.3, -0.25) is 5.01 Å². The summed E-state index contributed by atoms with van der Waals surface area (Å²) in [6, 6.07) is 8.50. The van der Waals surface area contributed by atoms with Gasteiger partial charge in [0.1, 0.15) is 5.71 Å². The molecule has 1 aliphatic heterocycles. The number of hydrogen-bond donors (Lipinski definition) is 0. The molecule has 1 aliphatic rings. The van der Waals surface area contributed by atoms with Crippen molar-refractivity contribution in [2.75, 3.05) is 12.1 Å². The van der Waals surface area contributed by atoms with Crippen molar-refractivity contribution in [2.24, 2.45) is 5.10 Å². The van der Waals surface area contributed by atoms with Gasteiger partial charge in [0.15, 0.2) is 0 Å². The van der Waals surface area contributed by atoms with Gasteiger partial charge in [-0.1, -0.05) is 37.5 Å². The van der Waals surface area contributed by atoms with E-state index in [4.69, 9.17) is 4.74 Å². The highest BCUT2D eigenvalue weighted by Crippen LogP contribution is 2.28. The first-order chi connectivity index (χ1) is 9.65. The lowest BCUT2D eigenvalue weighted by atomic mass is 10.0. The molecule has 0 bridgehead atoms. The smallest absolute Gasteiger partial charge is 0.354 e. The van der Waals surface area contributed by atoms with Crippen LogP contribution in [0.25, 0.3) is 0 Å². The van der Waals surface area contributed by atoms with Crippen molar-refractivity contribution in [1.29, 1.82) is 0 Å². The highest BCUT2D eigenvalue weighted by Gasteiger charge is 2.31. The Kier molecular flexibility index (Phi) is 4.77. The molecule has 0 radical (unpaired) electrons. The van der Waals surface area contributed by atoms with Crippen LogP contribution in [-0.4, -0.2) is 24.8 Å². The van der Waals surface area contributed by atoms with Crippen molar-refractivity contribution in [1.82, 2.24) is 0 Å². The summed E-state index contributed by atoms with van der Waals surface area (Å²) < 4.78 is 4.79. The van der Waals surface area contributed by atoms with Gasteiger partial charge in [-0.2, -0.15) is 5.10 Å². The number of anilines is 1. The van der Waals surface area contributed by atoms with Crippen LogP contribution in [0.5, 0.6) is 0 Å². The molecule has 4 nitrogen and oxygen atoms in total. The zero-order valence-corrected chi connectivity index (χ0v) is 12.4. The average Bonchev–Trinajstić information content (AvgIpc) is 2.89. The standard InChI is InChI=1S/C16H22N2O2/c1-4-5-6-14-11-15(16(19)20-3)17-18(14)13-9-7-12(2)8-10-13/h7-10,14H,4-6,11H2,1-3H3. The van der Waals surface area contributed by atoms with Gasteiger partial charge >= 0.3 is 5.97 Å². The molecule has 1 unspecified atom stereocenters. The predicted octanol–water partition coefficient (Wildman–Crippen LogP) is 3.29. The molecule has 1 aromatic carbocycles. The number of hydrogen-bond acceptors (Lipinski definition) is 4. The summed E-state index contributed by atoms with van der Waals surface area (Å²) in [7, 11) is 1.40. The molecule has 0 saturated carbocycles. The number of ether oxygens (including phenoxy) is 1. The van der Waals surface area contributed by atoms with E-state index in [1.165, 1.54) is 12.7 Å². The predicted molar refractivity (Wildman–Crippen MR) is 81.0 cm³/mol. The third-order valence-corrected chi connectivity index (χ3v) is 3.61. The first-order valence-corrected chi connectivity index (χ1v) is 7.17. The molecule has 4 heteroatoms. The van der Waals surface area contributed by atoms with Crippen molar-refractivity contribution in [2.45, 2.75) is 45.6 Å². The Labute approximate surface area is 120 Å². The van der Waals surface area contributed by atoms with Crippen LogP contribution in [0.3, 0.4) is 0 Å². The zero-order valence-electron chi connectivity index (χ0n) is 12.4. The van der Waals surface area contributed by atoms with E-state index >= 15 is 0 Å². The Morgan fingerprint density at radius 1 is 1.40 bits per heavy atom. The van der Waals surface area contributed by atoms with E-state index in [2.05, 4.69) is 43.2 Å². The summed E-state index contributed by atoms with van der Waals surface area (Å²) in [5, 5.41) is 6.44. The zero-order chi connectivity index (χ0) is 14.5. The molecule has 0 fully saturated rings. The minimum atomic E-state index is -0.318. The quantitative estimate of drug-likeness (QED) is 0.774. The maximum atomic E-state index is 11.7. The highest BCUT2D eigenvalue weighted by atomic mass is 16.5. The molecule has 0 spiro atoms. The van der Waals surface area contributed by atoms with Crippen LogP contribution >= 0.6 is 0 Å². The van der Waals surface area contributed by atoms with Gasteiger partial charge < -0.3 is 4.74 Å². The maximum absolute atomic E-state index is 11.7. The van der Waals surface area contributed by atoms with E-state index in [-0.39, 0.29) is 12.0 Å². The summed E-state index contributed by atoms with van der Waals surface area (Å²) in [6.07, 6.45) is 3.98. The van der Waals surface area contributed by atoms with E-state index in [1.54, 1.807) is 0 Å². The molecule has 0 amide bonds. The van der Waals surface area contributed by atoms with Crippen molar-refractivity contribution >= 4 is 17.4 Å². The van der Waals surface area contributed by atoms with Gasteiger partial charge in [0.2, 0.25) is 0 Å². The molecule has 20 heavy (non-hydrogen) atoms. The van der Waals surface area contributed by atoms with Crippen LogP contribution in [0.4, 0.5) is 5.69 Å². The minimum absolute atomic E-state index is 0.256. The fourth-order valence-electron chi connectivity index (χ4n) is 2.43. The van der Waals surface area contributed by atoms with E-state index in [1.807, 2.05) is 5.01 Å². The first-order valence-electron chi connectivity index (χ1n) is 7.17. The maximum Gasteiger partial charge on any atom is 0.354 e. The second-order valence-electron chi connectivity index (χ2n) is 5.22. The van der Waals surface area contributed by atoms with Gasteiger partial charge in [0, 0.05) is 6.42 Å². The number of carbonyl (C=O) groups excluding carboxylic acids is 1. The first kappa shape index (κ1) is 14.6. The number of aryl methyl sites for hydroxylation is 1. The number of hydrazone groups is 1. The SMILES string of the molecule is CCCCC1CC(C(=O)OC)=NN1c1ccc(C)cc1. The fraction of sp³-hybridized carbons (Fsp3) is 0.500. The van der Waals surface area contributed by atoms with E-state index < -0.39 is 0 Å². The summed E-state index contributed by atoms with van der Waals surface area (Å²) in [5.41, 5.74) is 2.78. The van der Waals surface area contributed by atoms with Crippen LogP contribution < -0.4 is 5.01 Å². The molecule has 2 rings (SSSR count). The fourth-order valence-corrected chi connectivity index (χ4v) is 2.43. The summed E-state index contributed by atoms with van der Waals surface area (Å²) in [5.74, 6) is -0.318. The second-order valence-corrected chi connectivity index (χ2v) is 5.22. The number of methoxy groups -OCH3 is 1. The van der Waals surface area contributed by atoms with Crippen molar-refractivity contribution in [3.8, 4) is 0 Å². The summed E-state index contributed by atoms with van der Waals surface area (Å²) in [6.45, 7) is 4.23. The molecule has 0 aromatic heterocycles. The second kappa shape index (κ2) is 6.55. The van der Waals surface area contributed by atoms with Crippen molar-refractivity contribution in [3.63, 3.8) is 0 Å². The third kappa shape index (κ3) is 3.18. The average molecular weight is 274 g/mol. The molecule has 0 N–H and O–H groups in total. The molecular formula is C16H22N2O2. The van der Waals surface area contributed by atoms with E-state index in [9.17, 15) is 4.79 Å². The lowest BCUT2D eigenvalue weighted by Gasteiger charge is -2.23. The number of benzene rings is 1. The van der Waals surface area contributed by atoms with Crippen molar-refractivity contribution in [3.05, 3.63) is 29.8 Å². The Bertz CT molecular complexity index is 494. The van der Waals surface area contributed by atoms with Crippen LogP contribution in [0.1, 0.15) is 38.2 Å². The van der Waals surface area contributed by atoms with Crippen LogP contribution in [0, 0.1) is 6.92 Å². The number of unbranched alkanes of at least 4 members (excludes halogenated alkanes) is 1. The topological polar surface area (TPSA) is 41.9 Å². The van der Waals surface area contributed by atoms with Gasteiger partial charge in [0.05, 0.1) is 18.8 Å². The van der Waals surface area contributed by atoms with Crippen LogP contribution in [0.15, 0.2) is 29.4 Å². The lowest BCUT2D eigenvalue weighted by Crippen LogP contribution is -2.26. The number of esters is 1. The Balaban J connectivity index is 2.21. The molecule has 1 heterocycles.